The van der Waals surface area contributed by atoms with E-state index in [0.717, 1.165) is 32.6 Å². The Hall–Kier alpha value is -1.64. The van der Waals surface area contributed by atoms with Crippen LogP contribution >= 0.6 is 0 Å². The van der Waals surface area contributed by atoms with E-state index in [9.17, 15) is 13.2 Å². The molecule has 1 amide bonds. The Labute approximate surface area is 143 Å². The third kappa shape index (κ3) is 5.19. The molecule has 0 aliphatic carbocycles. The van der Waals surface area contributed by atoms with Gasteiger partial charge in [-0.1, -0.05) is 6.92 Å². The van der Waals surface area contributed by atoms with Gasteiger partial charge in [-0.25, -0.2) is 13.1 Å². The Morgan fingerprint density at radius 2 is 1.88 bits per heavy atom. The first-order chi connectivity index (χ1) is 11.4. The van der Waals surface area contributed by atoms with Crippen LogP contribution in [-0.2, 0) is 14.8 Å². The van der Waals surface area contributed by atoms with Gasteiger partial charge in [0.05, 0.1) is 38.1 Å². The van der Waals surface area contributed by atoms with Gasteiger partial charge in [-0.05, 0) is 30.7 Å². The van der Waals surface area contributed by atoms with E-state index in [1.165, 1.54) is 17.0 Å². The number of hydrogen-bond acceptors (Lipinski definition) is 4. The number of nitrogens with zero attached hydrogens (tertiary/aromatic N) is 1. The molecule has 134 valence electrons. The number of sulfonamides is 1. The first kappa shape index (κ1) is 18.7. The molecule has 1 aromatic rings. The topological polar surface area (TPSA) is 80.1 Å². The maximum atomic E-state index is 12.1. The average Bonchev–Trinajstić information content (AvgIpc) is 2.59. The van der Waals surface area contributed by atoms with Crippen LogP contribution in [0.5, 0.6) is 5.75 Å². The van der Waals surface area contributed by atoms with Crippen molar-refractivity contribution in [3.05, 3.63) is 24.3 Å². The molecule has 1 heterocycles. The van der Waals surface area contributed by atoms with Crippen LogP contribution in [0.15, 0.2) is 29.2 Å². The standard InChI is InChI=1S/C16H25N3O4S/c1-3-8-17-24(21,22)15-6-4-14(5-7-15)23-13-16(20)19-11-9-18(2)10-12-19/h4-7,17H,3,8-13H2,1-2H3/p+1. The third-order valence-corrected chi connectivity index (χ3v) is 5.49. The van der Waals surface area contributed by atoms with Crippen molar-refractivity contribution in [2.45, 2.75) is 18.2 Å². The lowest BCUT2D eigenvalue weighted by atomic mass is 10.3. The fraction of sp³-hybridized carbons (Fsp3) is 0.562. The van der Waals surface area contributed by atoms with E-state index in [1.807, 2.05) is 6.92 Å². The minimum absolute atomic E-state index is 0.0285. The number of quaternary nitrogens is 1. The van der Waals surface area contributed by atoms with E-state index in [2.05, 4.69) is 11.8 Å². The maximum absolute atomic E-state index is 12.1. The molecule has 0 atom stereocenters. The molecule has 0 radical (unpaired) electrons. The highest BCUT2D eigenvalue weighted by atomic mass is 32.2. The Balaban J connectivity index is 1.86. The van der Waals surface area contributed by atoms with Crippen LogP contribution < -0.4 is 14.4 Å². The number of amides is 1. The summed E-state index contributed by atoms with van der Waals surface area (Å²) in [6.07, 6.45) is 0.732. The zero-order valence-corrected chi connectivity index (χ0v) is 15.1. The fourth-order valence-corrected chi connectivity index (χ4v) is 3.54. The number of carbonyl (C=O) groups is 1. The van der Waals surface area contributed by atoms with Crippen molar-refractivity contribution in [1.29, 1.82) is 0 Å². The highest BCUT2D eigenvalue weighted by Crippen LogP contribution is 2.16. The fourth-order valence-electron chi connectivity index (χ4n) is 2.41. The Morgan fingerprint density at radius 1 is 1.25 bits per heavy atom. The Bertz CT molecular complexity index is 638. The molecule has 2 rings (SSSR count). The minimum atomic E-state index is -3.48. The molecule has 1 saturated heterocycles. The second kappa shape index (κ2) is 8.46. The number of carbonyl (C=O) groups excluding carboxylic acids is 1. The summed E-state index contributed by atoms with van der Waals surface area (Å²) in [5.41, 5.74) is 0. The molecule has 1 aromatic carbocycles. The van der Waals surface area contributed by atoms with Gasteiger partial charge in [-0.2, -0.15) is 0 Å². The van der Waals surface area contributed by atoms with Crippen molar-refractivity contribution < 1.29 is 22.8 Å². The molecule has 0 saturated carbocycles. The van der Waals surface area contributed by atoms with E-state index in [1.54, 1.807) is 17.0 Å². The molecular formula is C16H26N3O4S+. The van der Waals surface area contributed by atoms with Crippen molar-refractivity contribution in [2.75, 3.05) is 46.4 Å². The van der Waals surface area contributed by atoms with E-state index in [-0.39, 0.29) is 17.4 Å². The summed E-state index contributed by atoms with van der Waals surface area (Å²) in [6.45, 7) is 5.66. The molecule has 7 nitrogen and oxygen atoms in total. The first-order valence-electron chi connectivity index (χ1n) is 8.24. The van der Waals surface area contributed by atoms with Gasteiger partial charge in [0.25, 0.3) is 5.91 Å². The van der Waals surface area contributed by atoms with Crippen molar-refractivity contribution in [3.63, 3.8) is 0 Å². The molecule has 0 aromatic heterocycles. The zero-order valence-electron chi connectivity index (χ0n) is 14.2. The lowest BCUT2D eigenvalue weighted by Gasteiger charge is -2.29. The van der Waals surface area contributed by atoms with Crippen molar-refractivity contribution in [1.82, 2.24) is 9.62 Å². The molecule has 1 aliphatic heterocycles. The molecular weight excluding hydrogens is 330 g/mol. The zero-order chi connectivity index (χ0) is 17.6. The summed E-state index contributed by atoms with van der Waals surface area (Å²) in [6, 6.07) is 6.11. The van der Waals surface area contributed by atoms with Crippen LogP contribution in [0.3, 0.4) is 0 Å². The third-order valence-electron chi connectivity index (χ3n) is 4.01. The number of likely N-dealkylation sites (N-methyl/N-ethyl adjacent to an activating group) is 1. The van der Waals surface area contributed by atoms with Crippen LogP contribution in [0.1, 0.15) is 13.3 Å². The SMILES string of the molecule is CCCNS(=O)(=O)c1ccc(OCC(=O)N2CC[NH+](C)CC2)cc1. The predicted molar refractivity (Wildman–Crippen MR) is 90.6 cm³/mol. The number of piperazine rings is 1. The quantitative estimate of drug-likeness (QED) is 0.664. The second-order valence-electron chi connectivity index (χ2n) is 6.00. The number of benzene rings is 1. The largest absolute Gasteiger partial charge is 0.484 e. The van der Waals surface area contributed by atoms with Gasteiger partial charge < -0.3 is 14.5 Å². The Morgan fingerprint density at radius 3 is 2.46 bits per heavy atom. The number of rotatable bonds is 7. The lowest BCUT2D eigenvalue weighted by molar-refractivity contribution is -0.883. The van der Waals surface area contributed by atoms with Crippen LogP contribution in [0.25, 0.3) is 0 Å². The average molecular weight is 356 g/mol. The molecule has 0 spiro atoms. The normalized spacial score (nSPS) is 16.2. The summed E-state index contributed by atoms with van der Waals surface area (Å²) in [7, 11) is -1.36. The van der Waals surface area contributed by atoms with Gasteiger partial charge in [-0.3, -0.25) is 4.79 Å². The van der Waals surface area contributed by atoms with E-state index in [0.29, 0.717) is 12.3 Å². The van der Waals surface area contributed by atoms with Gasteiger partial charge in [-0.15, -0.1) is 0 Å². The van der Waals surface area contributed by atoms with E-state index in [4.69, 9.17) is 4.74 Å². The molecule has 24 heavy (non-hydrogen) atoms. The summed E-state index contributed by atoms with van der Waals surface area (Å²) in [5.74, 6) is 0.446. The second-order valence-corrected chi connectivity index (χ2v) is 7.76. The highest BCUT2D eigenvalue weighted by Gasteiger charge is 2.21. The maximum Gasteiger partial charge on any atom is 0.260 e. The lowest BCUT2D eigenvalue weighted by Crippen LogP contribution is -3.12. The van der Waals surface area contributed by atoms with Crippen molar-refractivity contribution in [3.8, 4) is 5.75 Å². The van der Waals surface area contributed by atoms with E-state index >= 15 is 0 Å². The monoisotopic (exact) mass is 356 g/mol. The Kier molecular flexibility index (Phi) is 6.59. The van der Waals surface area contributed by atoms with Crippen LogP contribution in [0.2, 0.25) is 0 Å². The summed E-state index contributed by atoms with van der Waals surface area (Å²) in [5, 5.41) is 0. The first-order valence-corrected chi connectivity index (χ1v) is 9.72. The molecule has 1 aliphatic rings. The summed E-state index contributed by atoms with van der Waals surface area (Å²) < 4.78 is 32.0. The molecule has 8 heteroatoms. The predicted octanol–water partition coefficient (Wildman–Crippen LogP) is -0.889. The van der Waals surface area contributed by atoms with Gasteiger partial charge in [0.1, 0.15) is 5.75 Å². The summed E-state index contributed by atoms with van der Waals surface area (Å²) >= 11 is 0. The number of nitrogens with one attached hydrogen (secondary N) is 2. The molecule has 0 bridgehead atoms. The highest BCUT2D eigenvalue weighted by molar-refractivity contribution is 7.89. The van der Waals surface area contributed by atoms with Crippen molar-refractivity contribution >= 4 is 15.9 Å². The van der Waals surface area contributed by atoms with Crippen molar-refractivity contribution in [2.24, 2.45) is 0 Å². The van der Waals surface area contributed by atoms with Crippen LogP contribution in [0, 0.1) is 0 Å². The van der Waals surface area contributed by atoms with Gasteiger partial charge in [0.2, 0.25) is 10.0 Å². The van der Waals surface area contributed by atoms with Gasteiger partial charge >= 0.3 is 0 Å². The van der Waals surface area contributed by atoms with E-state index < -0.39 is 10.0 Å². The molecule has 0 unspecified atom stereocenters. The molecule has 2 N–H and O–H groups in total. The number of hydrogen-bond donors (Lipinski definition) is 2. The van der Waals surface area contributed by atoms with Crippen LogP contribution in [-0.4, -0.2) is 65.6 Å². The molecule has 1 fully saturated rings. The van der Waals surface area contributed by atoms with Gasteiger partial charge in [0, 0.05) is 6.54 Å². The smallest absolute Gasteiger partial charge is 0.260 e. The van der Waals surface area contributed by atoms with Gasteiger partial charge in [0.15, 0.2) is 6.61 Å². The van der Waals surface area contributed by atoms with Crippen LogP contribution in [0.4, 0.5) is 0 Å². The minimum Gasteiger partial charge on any atom is -0.484 e. The summed E-state index contributed by atoms with van der Waals surface area (Å²) in [4.78, 5) is 15.5. The number of ether oxygens (including phenoxy) is 1.